The number of anilines is 1. The van der Waals surface area contributed by atoms with Gasteiger partial charge in [-0.05, 0) is 52.5 Å². The minimum atomic E-state index is -0.314. The van der Waals surface area contributed by atoms with Crippen LogP contribution in [-0.2, 0) is 14.3 Å². The van der Waals surface area contributed by atoms with Crippen LogP contribution in [0.3, 0.4) is 0 Å². The maximum Gasteiger partial charge on any atom is 0.348 e. The zero-order valence-electron chi connectivity index (χ0n) is 18.8. The van der Waals surface area contributed by atoms with Gasteiger partial charge in [0, 0.05) is 38.8 Å². The van der Waals surface area contributed by atoms with Crippen molar-refractivity contribution in [1.82, 2.24) is 15.3 Å². The van der Waals surface area contributed by atoms with Crippen LogP contribution in [0, 0.1) is 19.8 Å². The zero-order valence-corrected chi connectivity index (χ0v) is 19.6. The Morgan fingerprint density at radius 3 is 2.58 bits per heavy atom. The van der Waals surface area contributed by atoms with Gasteiger partial charge in [0.2, 0.25) is 5.91 Å². The van der Waals surface area contributed by atoms with E-state index in [2.05, 4.69) is 15.2 Å². The Labute approximate surface area is 187 Å². The Kier molecular flexibility index (Phi) is 8.20. The first-order valence-electron chi connectivity index (χ1n) is 11.0. The van der Waals surface area contributed by atoms with E-state index < -0.39 is 0 Å². The van der Waals surface area contributed by atoms with E-state index in [0.717, 1.165) is 53.9 Å². The van der Waals surface area contributed by atoms with Gasteiger partial charge in [0.25, 0.3) is 0 Å². The van der Waals surface area contributed by atoms with E-state index in [9.17, 15) is 9.59 Å². The fourth-order valence-corrected chi connectivity index (χ4v) is 4.98. The fraction of sp³-hybridized carbons (Fsp3) is 0.636. The van der Waals surface area contributed by atoms with E-state index in [1.54, 1.807) is 6.92 Å². The molecule has 3 heterocycles. The molecule has 0 spiro atoms. The molecule has 0 saturated carbocycles. The second-order valence-corrected chi connectivity index (χ2v) is 8.65. The van der Waals surface area contributed by atoms with Crippen molar-refractivity contribution in [1.29, 1.82) is 0 Å². The van der Waals surface area contributed by atoms with Gasteiger partial charge >= 0.3 is 5.97 Å². The molecule has 0 aromatic carbocycles. The number of nitrogens with one attached hydrogen (secondary N) is 1. The molecule has 1 N–H and O–H groups in total. The van der Waals surface area contributed by atoms with Gasteiger partial charge in [-0.25, -0.2) is 14.8 Å². The van der Waals surface area contributed by atoms with Crippen LogP contribution in [0.4, 0.5) is 5.82 Å². The molecule has 1 fully saturated rings. The third-order valence-corrected chi connectivity index (χ3v) is 6.64. The number of ether oxygens (including phenoxy) is 2. The highest BCUT2D eigenvalue weighted by Gasteiger charge is 2.28. The second kappa shape index (κ2) is 10.9. The van der Waals surface area contributed by atoms with E-state index >= 15 is 0 Å². The van der Waals surface area contributed by atoms with E-state index in [0.29, 0.717) is 37.1 Å². The highest BCUT2D eigenvalue weighted by atomic mass is 32.1. The summed E-state index contributed by atoms with van der Waals surface area (Å²) in [6.45, 7) is 11.4. The predicted molar refractivity (Wildman–Crippen MR) is 122 cm³/mol. The SMILES string of the molecule is CCOCCCNC(=O)C1CCN(c2nc(C)nc3sc(C(=O)OCC)c(C)c23)CC1. The number of hydrogen-bond acceptors (Lipinski definition) is 8. The monoisotopic (exact) mass is 448 g/mol. The van der Waals surface area contributed by atoms with Crippen LogP contribution < -0.4 is 10.2 Å². The fourth-order valence-electron chi connectivity index (χ4n) is 3.87. The number of fused-ring (bicyclic) bond motifs is 1. The topological polar surface area (TPSA) is 93.6 Å². The van der Waals surface area contributed by atoms with Crippen molar-refractivity contribution < 1.29 is 19.1 Å². The lowest BCUT2D eigenvalue weighted by Crippen LogP contribution is -2.41. The lowest BCUT2D eigenvalue weighted by molar-refractivity contribution is -0.125. The number of esters is 1. The van der Waals surface area contributed by atoms with Crippen LogP contribution in [0.1, 0.15) is 54.2 Å². The molecule has 8 nitrogen and oxygen atoms in total. The van der Waals surface area contributed by atoms with Crippen LogP contribution in [0.2, 0.25) is 0 Å². The first-order valence-corrected chi connectivity index (χ1v) is 11.8. The molecule has 0 atom stereocenters. The van der Waals surface area contributed by atoms with E-state index in [1.165, 1.54) is 11.3 Å². The molecule has 0 bridgehead atoms. The molecule has 0 radical (unpaired) electrons. The Morgan fingerprint density at radius 2 is 1.90 bits per heavy atom. The molecule has 1 aliphatic rings. The molecule has 1 aliphatic heterocycles. The average Bonchev–Trinajstić information content (AvgIpc) is 3.09. The van der Waals surface area contributed by atoms with Gasteiger partial charge in [-0.3, -0.25) is 4.79 Å². The van der Waals surface area contributed by atoms with Gasteiger partial charge in [-0.15, -0.1) is 11.3 Å². The lowest BCUT2D eigenvalue weighted by Gasteiger charge is -2.32. The summed E-state index contributed by atoms with van der Waals surface area (Å²) in [5, 5.41) is 3.94. The van der Waals surface area contributed by atoms with Crippen LogP contribution >= 0.6 is 11.3 Å². The number of carbonyl (C=O) groups is 2. The van der Waals surface area contributed by atoms with Crippen LogP contribution in [-0.4, -0.2) is 61.3 Å². The molecule has 1 amide bonds. The Hall–Kier alpha value is -2.26. The summed E-state index contributed by atoms with van der Waals surface area (Å²) >= 11 is 1.36. The van der Waals surface area contributed by atoms with Crippen molar-refractivity contribution in [2.75, 3.05) is 44.4 Å². The predicted octanol–water partition coefficient (Wildman–Crippen LogP) is 3.24. The number of amides is 1. The van der Waals surface area contributed by atoms with Crippen LogP contribution in [0.15, 0.2) is 0 Å². The maximum absolute atomic E-state index is 12.5. The standard InChI is InChI=1S/C22H32N4O4S/c1-5-29-13-7-10-23-20(27)16-8-11-26(12-9-16)19-17-14(3)18(22(28)30-6-2)31-21(17)25-15(4)24-19/h16H,5-13H2,1-4H3,(H,23,27). The van der Waals surface area contributed by atoms with Crippen molar-refractivity contribution in [3.63, 3.8) is 0 Å². The summed E-state index contributed by atoms with van der Waals surface area (Å²) in [4.78, 5) is 37.7. The van der Waals surface area contributed by atoms with Crippen molar-refractivity contribution in [3.05, 3.63) is 16.3 Å². The van der Waals surface area contributed by atoms with Crippen molar-refractivity contribution in [2.24, 2.45) is 5.92 Å². The van der Waals surface area contributed by atoms with Crippen LogP contribution in [0.5, 0.6) is 0 Å². The van der Waals surface area contributed by atoms with Crippen molar-refractivity contribution >= 4 is 39.2 Å². The Morgan fingerprint density at radius 1 is 1.16 bits per heavy atom. The molecule has 31 heavy (non-hydrogen) atoms. The van der Waals surface area contributed by atoms with Gasteiger partial charge in [-0.2, -0.15) is 0 Å². The number of aromatic nitrogens is 2. The van der Waals surface area contributed by atoms with E-state index in [-0.39, 0.29) is 17.8 Å². The summed E-state index contributed by atoms with van der Waals surface area (Å²) in [5.41, 5.74) is 0.864. The molecule has 1 saturated heterocycles. The first kappa shape index (κ1) is 23.4. The molecule has 3 rings (SSSR count). The summed E-state index contributed by atoms with van der Waals surface area (Å²) in [6, 6.07) is 0. The lowest BCUT2D eigenvalue weighted by atomic mass is 9.95. The number of thiophene rings is 1. The number of rotatable bonds is 9. The van der Waals surface area contributed by atoms with Crippen molar-refractivity contribution in [3.8, 4) is 0 Å². The maximum atomic E-state index is 12.5. The van der Waals surface area contributed by atoms with Gasteiger partial charge < -0.3 is 19.7 Å². The Bertz CT molecular complexity index is 922. The Balaban J connectivity index is 1.69. The number of piperidine rings is 1. The van der Waals surface area contributed by atoms with E-state index in [4.69, 9.17) is 14.5 Å². The summed E-state index contributed by atoms with van der Waals surface area (Å²) in [7, 11) is 0. The molecule has 170 valence electrons. The molecule has 2 aromatic heterocycles. The average molecular weight is 449 g/mol. The number of nitrogens with zero attached hydrogens (tertiary/aromatic N) is 3. The third-order valence-electron chi connectivity index (χ3n) is 5.48. The number of hydrogen-bond donors (Lipinski definition) is 1. The summed E-state index contributed by atoms with van der Waals surface area (Å²) in [5.74, 6) is 1.35. The largest absolute Gasteiger partial charge is 0.462 e. The quantitative estimate of drug-likeness (QED) is 0.465. The second-order valence-electron chi connectivity index (χ2n) is 7.65. The smallest absolute Gasteiger partial charge is 0.348 e. The molecule has 2 aromatic rings. The number of carbonyl (C=O) groups excluding carboxylic acids is 2. The molecule has 0 aliphatic carbocycles. The molecular formula is C22H32N4O4S. The van der Waals surface area contributed by atoms with Crippen LogP contribution in [0.25, 0.3) is 10.2 Å². The zero-order chi connectivity index (χ0) is 22.4. The highest BCUT2D eigenvalue weighted by molar-refractivity contribution is 7.20. The van der Waals surface area contributed by atoms with Gasteiger partial charge in [0.1, 0.15) is 21.3 Å². The molecular weight excluding hydrogens is 416 g/mol. The minimum Gasteiger partial charge on any atom is -0.462 e. The van der Waals surface area contributed by atoms with Gasteiger partial charge in [0.05, 0.1) is 12.0 Å². The molecule has 0 unspecified atom stereocenters. The minimum absolute atomic E-state index is 0.0143. The van der Waals surface area contributed by atoms with Gasteiger partial charge in [-0.1, -0.05) is 0 Å². The normalized spacial score (nSPS) is 14.8. The van der Waals surface area contributed by atoms with Gasteiger partial charge in [0.15, 0.2) is 0 Å². The van der Waals surface area contributed by atoms with E-state index in [1.807, 2.05) is 20.8 Å². The first-order chi connectivity index (χ1) is 15.0. The number of aryl methyl sites for hydroxylation is 2. The van der Waals surface area contributed by atoms with Crippen molar-refractivity contribution in [2.45, 2.75) is 47.0 Å². The summed E-state index contributed by atoms with van der Waals surface area (Å²) in [6.07, 6.45) is 2.38. The highest BCUT2D eigenvalue weighted by Crippen LogP contribution is 2.37. The molecule has 9 heteroatoms. The third kappa shape index (κ3) is 5.51. The summed E-state index contributed by atoms with van der Waals surface area (Å²) < 4.78 is 10.5.